The fourth-order valence-electron chi connectivity index (χ4n) is 2.82. The van der Waals surface area contributed by atoms with E-state index in [1.807, 2.05) is 18.7 Å². The van der Waals surface area contributed by atoms with Crippen LogP contribution in [0.15, 0.2) is 6.33 Å². The second-order valence-corrected chi connectivity index (χ2v) is 5.55. The number of aliphatic hydroxyl groups excluding tert-OH is 3. The predicted octanol–water partition coefficient (Wildman–Crippen LogP) is -0.572. The summed E-state index contributed by atoms with van der Waals surface area (Å²) in [5.41, 5.74) is 0.274. The maximum atomic E-state index is 12.2. The first-order valence-electron chi connectivity index (χ1n) is 7.80. The summed E-state index contributed by atoms with van der Waals surface area (Å²) in [5.74, 6) is -0.251. The Kier molecular flexibility index (Phi) is 4.54. The van der Waals surface area contributed by atoms with E-state index in [2.05, 4.69) is 15.0 Å². The van der Waals surface area contributed by atoms with Crippen molar-refractivity contribution in [2.24, 2.45) is 0 Å². The molecule has 10 nitrogen and oxygen atoms in total. The number of nitrogens with zero attached hydrogens (tertiary/aromatic N) is 5. The Morgan fingerprint density at radius 1 is 1.25 bits per heavy atom. The standard InChI is InChI=1S/C14H20N5O5/c1-3-18(4-2)14-16-11-8(12(23)17-14)15-6-19(11)13-10(22)9(21)7(5-20)24-13/h6-7,9-10,13,20-22H,3-5H2,1-2H3/t7-,9-,10-,13-/m1/s1. The Hall–Kier alpha value is -2.01. The number of aromatic nitrogens is 4. The second kappa shape index (κ2) is 6.48. The molecule has 131 valence electrons. The van der Waals surface area contributed by atoms with E-state index >= 15 is 0 Å². The summed E-state index contributed by atoms with van der Waals surface area (Å²) in [6.45, 7) is 4.66. The van der Waals surface area contributed by atoms with Crippen LogP contribution in [-0.4, -0.2) is 72.8 Å². The van der Waals surface area contributed by atoms with E-state index in [0.29, 0.717) is 13.1 Å². The molecule has 1 aliphatic heterocycles. The minimum absolute atomic E-state index is 0.0589. The number of hydrogen-bond acceptors (Lipinski definition) is 8. The van der Waals surface area contributed by atoms with Crippen LogP contribution < -0.4 is 4.90 Å². The third-order valence-corrected chi connectivity index (χ3v) is 4.22. The Morgan fingerprint density at radius 2 is 1.96 bits per heavy atom. The monoisotopic (exact) mass is 338 g/mol. The molecule has 2 aromatic heterocycles. The van der Waals surface area contributed by atoms with Crippen molar-refractivity contribution < 1.29 is 25.2 Å². The molecule has 0 amide bonds. The lowest BCUT2D eigenvalue weighted by atomic mass is 10.1. The lowest BCUT2D eigenvalue weighted by molar-refractivity contribution is -0.0511. The van der Waals surface area contributed by atoms with Gasteiger partial charge in [0.15, 0.2) is 17.4 Å². The summed E-state index contributed by atoms with van der Waals surface area (Å²) >= 11 is 0. The van der Waals surface area contributed by atoms with Gasteiger partial charge in [0, 0.05) is 13.1 Å². The van der Waals surface area contributed by atoms with Crippen molar-refractivity contribution in [2.45, 2.75) is 38.4 Å². The molecule has 0 aromatic carbocycles. The molecule has 0 bridgehead atoms. The van der Waals surface area contributed by atoms with Crippen molar-refractivity contribution in [1.82, 2.24) is 19.5 Å². The van der Waals surface area contributed by atoms with Gasteiger partial charge in [0.25, 0.3) is 0 Å². The van der Waals surface area contributed by atoms with Gasteiger partial charge in [-0.15, -0.1) is 0 Å². The zero-order valence-electron chi connectivity index (χ0n) is 13.4. The molecule has 1 fully saturated rings. The number of fused-ring (bicyclic) bond motifs is 1. The van der Waals surface area contributed by atoms with Crippen molar-refractivity contribution in [3.63, 3.8) is 0 Å². The fourth-order valence-corrected chi connectivity index (χ4v) is 2.82. The molecule has 1 saturated heterocycles. The molecule has 1 radical (unpaired) electrons. The van der Waals surface area contributed by atoms with Crippen LogP contribution in [0.3, 0.4) is 0 Å². The number of ether oxygens (including phenoxy) is 1. The highest BCUT2D eigenvalue weighted by atomic mass is 16.6. The number of anilines is 1. The van der Waals surface area contributed by atoms with Crippen LogP contribution in [0.4, 0.5) is 5.95 Å². The van der Waals surface area contributed by atoms with E-state index in [-0.39, 0.29) is 17.1 Å². The molecule has 3 N–H and O–H groups in total. The highest BCUT2D eigenvalue weighted by Crippen LogP contribution is 2.33. The molecule has 0 saturated carbocycles. The van der Waals surface area contributed by atoms with Gasteiger partial charge in [-0.1, -0.05) is 0 Å². The van der Waals surface area contributed by atoms with Crippen molar-refractivity contribution in [3.8, 4) is 5.88 Å². The molecule has 4 atom stereocenters. The molecule has 0 unspecified atom stereocenters. The second-order valence-electron chi connectivity index (χ2n) is 5.55. The van der Waals surface area contributed by atoms with Crippen LogP contribution >= 0.6 is 0 Å². The molecule has 0 aliphatic carbocycles. The lowest BCUT2D eigenvalue weighted by Gasteiger charge is -2.19. The summed E-state index contributed by atoms with van der Waals surface area (Å²) in [4.78, 5) is 14.1. The van der Waals surface area contributed by atoms with E-state index in [4.69, 9.17) is 4.74 Å². The molecule has 1 aliphatic rings. The SMILES string of the molecule is CCN(CC)c1nc([O])c2ncn([C@@H]3O[C@H](CO)[C@@H](O)[C@H]3O)c2n1. The molecule has 2 aromatic rings. The summed E-state index contributed by atoms with van der Waals surface area (Å²) in [7, 11) is 0. The van der Waals surface area contributed by atoms with Crippen molar-refractivity contribution in [2.75, 3.05) is 24.6 Å². The molecule has 3 heterocycles. The molecular formula is C14H20N5O5. The number of hydrogen-bond donors (Lipinski definition) is 3. The van der Waals surface area contributed by atoms with Gasteiger partial charge in [0.2, 0.25) is 5.95 Å². The minimum Gasteiger partial charge on any atom is -0.394 e. The Balaban J connectivity index is 2.06. The topological polar surface area (TPSA) is 137 Å². The van der Waals surface area contributed by atoms with Crippen LogP contribution in [0.5, 0.6) is 5.88 Å². The van der Waals surface area contributed by atoms with Gasteiger partial charge >= 0.3 is 5.88 Å². The lowest BCUT2D eigenvalue weighted by Crippen LogP contribution is -2.33. The normalized spacial score (nSPS) is 27.0. The minimum atomic E-state index is -1.28. The van der Waals surface area contributed by atoms with Gasteiger partial charge in [0.1, 0.15) is 18.3 Å². The third-order valence-electron chi connectivity index (χ3n) is 4.22. The Bertz CT molecular complexity index is 719. The molecule has 0 spiro atoms. The number of aliphatic hydroxyl groups is 3. The van der Waals surface area contributed by atoms with Crippen molar-refractivity contribution >= 4 is 17.1 Å². The average Bonchev–Trinajstić information content (AvgIpc) is 3.11. The molecule has 24 heavy (non-hydrogen) atoms. The van der Waals surface area contributed by atoms with Gasteiger partial charge in [-0.25, -0.2) is 4.98 Å². The van der Waals surface area contributed by atoms with Gasteiger partial charge in [0.05, 0.1) is 12.9 Å². The van der Waals surface area contributed by atoms with Gasteiger partial charge < -0.3 is 25.0 Å². The zero-order valence-corrected chi connectivity index (χ0v) is 13.4. The van der Waals surface area contributed by atoms with Crippen molar-refractivity contribution in [3.05, 3.63) is 6.33 Å². The van der Waals surface area contributed by atoms with Gasteiger partial charge in [-0.05, 0) is 13.8 Å². The maximum absolute atomic E-state index is 12.2. The predicted molar refractivity (Wildman–Crippen MR) is 82.0 cm³/mol. The van der Waals surface area contributed by atoms with E-state index < -0.39 is 37.0 Å². The fraction of sp³-hybridized carbons (Fsp3) is 0.643. The highest BCUT2D eigenvalue weighted by molar-refractivity contribution is 5.77. The van der Waals surface area contributed by atoms with E-state index in [1.165, 1.54) is 10.9 Å². The van der Waals surface area contributed by atoms with E-state index in [0.717, 1.165) is 0 Å². The molecule has 10 heteroatoms. The molecular weight excluding hydrogens is 318 g/mol. The van der Waals surface area contributed by atoms with Crippen LogP contribution in [0, 0.1) is 0 Å². The highest BCUT2D eigenvalue weighted by Gasteiger charge is 2.44. The quantitative estimate of drug-likeness (QED) is 0.659. The summed E-state index contributed by atoms with van der Waals surface area (Å²) in [5, 5.41) is 41.5. The summed E-state index contributed by atoms with van der Waals surface area (Å²) in [6, 6.07) is 0. The molecule has 3 rings (SSSR count). The first-order chi connectivity index (χ1) is 11.5. The smallest absolute Gasteiger partial charge is 0.302 e. The maximum Gasteiger partial charge on any atom is 0.302 e. The summed E-state index contributed by atoms with van der Waals surface area (Å²) < 4.78 is 6.86. The van der Waals surface area contributed by atoms with Crippen LogP contribution in [0.2, 0.25) is 0 Å². The van der Waals surface area contributed by atoms with Crippen molar-refractivity contribution in [1.29, 1.82) is 0 Å². The average molecular weight is 338 g/mol. The Morgan fingerprint density at radius 3 is 2.54 bits per heavy atom. The first kappa shape index (κ1) is 16.8. The van der Waals surface area contributed by atoms with E-state index in [1.54, 1.807) is 0 Å². The van der Waals surface area contributed by atoms with Crippen LogP contribution in [0.1, 0.15) is 20.1 Å². The van der Waals surface area contributed by atoms with Crippen LogP contribution in [-0.2, 0) is 9.84 Å². The number of imidazole rings is 1. The third kappa shape index (κ3) is 2.57. The zero-order chi connectivity index (χ0) is 17.4. The summed E-state index contributed by atoms with van der Waals surface area (Å²) in [6.07, 6.45) is -3.12. The van der Waals surface area contributed by atoms with E-state index in [9.17, 15) is 20.4 Å². The van der Waals surface area contributed by atoms with Gasteiger partial charge in [-0.3, -0.25) is 9.67 Å². The first-order valence-corrected chi connectivity index (χ1v) is 7.80. The number of rotatable bonds is 5. The van der Waals surface area contributed by atoms with Crippen LogP contribution in [0.25, 0.3) is 11.2 Å². The largest absolute Gasteiger partial charge is 0.394 e. The van der Waals surface area contributed by atoms with Gasteiger partial charge in [-0.2, -0.15) is 9.97 Å². The Labute approximate surface area is 138 Å².